The number of hydrogen-bond donors (Lipinski definition) is 2. The molecule has 3 heteroatoms. The van der Waals surface area contributed by atoms with Crippen LogP contribution in [0, 0.1) is 11.8 Å². The quantitative estimate of drug-likeness (QED) is 0.357. The highest BCUT2D eigenvalue weighted by atomic mass is 14.8. The third-order valence-electron chi connectivity index (χ3n) is 1.08. The highest BCUT2D eigenvalue weighted by molar-refractivity contribution is 5.77. The molecule has 0 aromatic carbocycles. The molecule has 0 aliphatic heterocycles. The van der Waals surface area contributed by atoms with Crippen molar-refractivity contribution in [1.82, 2.24) is 0 Å². The fourth-order valence-corrected chi connectivity index (χ4v) is 0.510. The first kappa shape index (κ1) is 11.0. The minimum atomic E-state index is -0.214. The molecule has 3 nitrogen and oxygen atoms in total. The molecule has 0 unspecified atom stereocenters. The van der Waals surface area contributed by atoms with Gasteiger partial charge in [0, 0.05) is 12.0 Å². The summed E-state index contributed by atoms with van der Waals surface area (Å²) >= 11 is 0. The summed E-state index contributed by atoms with van der Waals surface area (Å²) < 4.78 is 0. The molecule has 0 saturated heterocycles. The number of nitrogens with zero attached hydrogens (tertiary/aromatic N) is 1. The van der Waals surface area contributed by atoms with Gasteiger partial charge in [0.25, 0.3) is 0 Å². The summed E-state index contributed by atoms with van der Waals surface area (Å²) in [6.45, 7) is 6.10. The smallest absolute Gasteiger partial charge is 0.102 e. The van der Waals surface area contributed by atoms with E-state index in [1.54, 1.807) is 6.92 Å². The number of amidine groups is 1. The minimum Gasteiger partial charge on any atom is -0.388 e. The first-order chi connectivity index (χ1) is 5.42. The minimum absolute atomic E-state index is 0.214. The van der Waals surface area contributed by atoms with Crippen LogP contribution < -0.4 is 11.5 Å². The van der Waals surface area contributed by atoms with E-state index in [0.717, 1.165) is 0 Å². The van der Waals surface area contributed by atoms with E-state index in [2.05, 4.69) is 16.8 Å². The molecule has 4 N–H and O–H groups in total. The van der Waals surface area contributed by atoms with Crippen molar-refractivity contribution in [3.05, 3.63) is 0 Å². The SMILES string of the molecule is CC(N)=NCC#CCC(C)(C)N. The fourth-order valence-electron chi connectivity index (χ4n) is 0.510. The molecule has 0 spiro atoms. The van der Waals surface area contributed by atoms with Crippen LogP contribution in [0.15, 0.2) is 4.99 Å². The summed E-state index contributed by atoms with van der Waals surface area (Å²) in [6, 6.07) is 0. The van der Waals surface area contributed by atoms with Crippen LogP contribution in [0.4, 0.5) is 0 Å². The third kappa shape index (κ3) is 8.99. The lowest BCUT2D eigenvalue weighted by Gasteiger charge is -2.12. The Labute approximate surface area is 74.2 Å². The topological polar surface area (TPSA) is 64.4 Å². The van der Waals surface area contributed by atoms with Crippen LogP contribution in [0.1, 0.15) is 27.2 Å². The maximum Gasteiger partial charge on any atom is 0.102 e. The molecule has 0 radical (unpaired) electrons. The highest BCUT2D eigenvalue weighted by Gasteiger charge is 2.06. The molecule has 0 aliphatic rings. The zero-order chi connectivity index (χ0) is 9.61. The van der Waals surface area contributed by atoms with Crippen molar-refractivity contribution in [2.75, 3.05) is 6.54 Å². The van der Waals surface area contributed by atoms with Gasteiger partial charge in [-0.15, -0.1) is 0 Å². The van der Waals surface area contributed by atoms with Crippen LogP contribution in [0.25, 0.3) is 0 Å². The average Bonchev–Trinajstić information content (AvgIpc) is 1.83. The van der Waals surface area contributed by atoms with Crippen LogP contribution >= 0.6 is 0 Å². The zero-order valence-corrected chi connectivity index (χ0v) is 8.02. The van der Waals surface area contributed by atoms with E-state index in [0.29, 0.717) is 18.8 Å². The standard InChI is InChI=1S/C9H17N3/c1-8(10)12-7-5-4-6-9(2,3)11/h6-7,11H2,1-3H3,(H2,10,12). The Hall–Kier alpha value is -1.01. The Balaban J connectivity index is 3.70. The van der Waals surface area contributed by atoms with Crippen molar-refractivity contribution in [3.8, 4) is 11.8 Å². The van der Waals surface area contributed by atoms with Crippen LogP contribution in [0.2, 0.25) is 0 Å². The molecule has 0 aromatic heterocycles. The molecular formula is C9H17N3. The molecule has 0 fully saturated rings. The molecule has 0 saturated carbocycles. The molecule has 0 aromatic rings. The van der Waals surface area contributed by atoms with Gasteiger partial charge in [-0.1, -0.05) is 11.8 Å². The van der Waals surface area contributed by atoms with Gasteiger partial charge >= 0.3 is 0 Å². The van der Waals surface area contributed by atoms with Crippen LogP contribution in [-0.2, 0) is 0 Å². The molecule has 0 heterocycles. The molecule has 0 bridgehead atoms. The lowest BCUT2D eigenvalue weighted by atomic mass is 10.0. The maximum atomic E-state index is 5.71. The van der Waals surface area contributed by atoms with E-state index in [-0.39, 0.29) is 5.54 Å². The van der Waals surface area contributed by atoms with Gasteiger partial charge in [0.1, 0.15) is 6.54 Å². The molecule has 0 amide bonds. The van der Waals surface area contributed by atoms with Gasteiger partial charge < -0.3 is 11.5 Å². The molecule has 68 valence electrons. The van der Waals surface area contributed by atoms with E-state index >= 15 is 0 Å². The van der Waals surface area contributed by atoms with Crippen molar-refractivity contribution in [3.63, 3.8) is 0 Å². The monoisotopic (exact) mass is 167 g/mol. The number of rotatable bonds is 2. The summed E-state index contributed by atoms with van der Waals surface area (Å²) in [5, 5.41) is 0. The summed E-state index contributed by atoms with van der Waals surface area (Å²) in [7, 11) is 0. The van der Waals surface area contributed by atoms with E-state index in [1.807, 2.05) is 13.8 Å². The van der Waals surface area contributed by atoms with Gasteiger partial charge in [-0.3, -0.25) is 4.99 Å². The predicted octanol–water partition coefficient (Wildman–Crippen LogP) is 0.494. The predicted molar refractivity (Wildman–Crippen MR) is 52.8 cm³/mol. The average molecular weight is 167 g/mol. The van der Waals surface area contributed by atoms with Gasteiger partial charge in [0.15, 0.2) is 0 Å². The van der Waals surface area contributed by atoms with Crippen LogP contribution in [0.5, 0.6) is 0 Å². The van der Waals surface area contributed by atoms with Crippen molar-refractivity contribution in [2.24, 2.45) is 16.5 Å². The van der Waals surface area contributed by atoms with Gasteiger partial charge in [-0.05, 0) is 20.8 Å². The lowest BCUT2D eigenvalue weighted by Crippen LogP contribution is -2.30. The van der Waals surface area contributed by atoms with Crippen LogP contribution in [-0.4, -0.2) is 17.9 Å². The molecule has 0 rings (SSSR count). The van der Waals surface area contributed by atoms with E-state index in [9.17, 15) is 0 Å². The Morgan fingerprint density at radius 1 is 1.42 bits per heavy atom. The lowest BCUT2D eigenvalue weighted by molar-refractivity contribution is 0.536. The van der Waals surface area contributed by atoms with Crippen molar-refractivity contribution in [2.45, 2.75) is 32.7 Å². The first-order valence-electron chi connectivity index (χ1n) is 3.93. The molecule has 0 aliphatic carbocycles. The largest absolute Gasteiger partial charge is 0.388 e. The summed E-state index contributed by atoms with van der Waals surface area (Å²) in [4.78, 5) is 3.92. The zero-order valence-electron chi connectivity index (χ0n) is 8.02. The van der Waals surface area contributed by atoms with Crippen LogP contribution in [0.3, 0.4) is 0 Å². The van der Waals surface area contributed by atoms with E-state index < -0.39 is 0 Å². The first-order valence-corrected chi connectivity index (χ1v) is 3.93. The second kappa shape index (κ2) is 4.78. The van der Waals surface area contributed by atoms with Gasteiger partial charge in [-0.2, -0.15) is 0 Å². The maximum absolute atomic E-state index is 5.71. The third-order valence-corrected chi connectivity index (χ3v) is 1.08. The fraction of sp³-hybridized carbons (Fsp3) is 0.667. The molecule has 12 heavy (non-hydrogen) atoms. The number of hydrogen-bond acceptors (Lipinski definition) is 2. The van der Waals surface area contributed by atoms with Crippen molar-refractivity contribution in [1.29, 1.82) is 0 Å². The van der Waals surface area contributed by atoms with Gasteiger partial charge in [0.05, 0.1) is 5.84 Å². The second-order valence-electron chi connectivity index (χ2n) is 3.48. The summed E-state index contributed by atoms with van der Waals surface area (Å²) in [5.41, 5.74) is 10.8. The van der Waals surface area contributed by atoms with E-state index in [1.165, 1.54) is 0 Å². The Bertz CT molecular complexity index is 208. The van der Waals surface area contributed by atoms with Gasteiger partial charge in [0.2, 0.25) is 0 Å². The Morgan fingerprint density at radius 2 is 2.00 bits per heavy atom. The Kier molecular flexibility index (Phi) is 4.38. The summed E-state index contributed by atoms with van der Waals surface area (Å²) in [6.07, 6.45) is 0.687. The Morgan fingerprint density at radius 3 is 2.42 bits per heavy atom. The molecular weight excluding hydrogens is 150 g/mol. The summed E-state index contributed by atoms with van der Waals surface area (Å²) in [5.74, 6) is 6.38. The van der Waals surface area contributed by atoms with Crippen molar-refractivity contribution < 1.29 is 0 Å². The highest BCUT2D eigenvalue weighted by Crippen LogP contribution is 2.00. The molecule has 0 atom stereocenters. The van der Waals surface area contributed by atoms with Gasteiger partial charge in [-0.25, -0.2) is 0 Å². The van der Waals surface area contributed by atoms with E-state index in [4.69, 9.17) is 11.5 Å². The number of aliphatic imine (C=N–C) groups is 1. The second-order valence-corrected chi connectivity index (χ2v) is 3.48. The normalized spacial score (nSPS) is 12.2. The number of nitrogens with two attached hydrogens (primary N) is 2. The van der Waals surface area contributed by atoms with Crippen molar-refractivity contribution >= 4 is 5.84 Å².